The minimum Gasteiger partial charge on any atom is -0.396 e. The predicted molar refractivity (Wildman–Crippen MR) is 124 cm³/mol. The number of aliphatic hydroxyl groups is 1. The Balaban J connectivity index is 1.19. The Hall–Kier alpha value is -2.44. The van der Waals surface area contributed by atoms with E-state index in [9.17, 15) is 9.90 Å². The number of likely N-dealkylation sites (tertiary alicyclic amines) is 1. The summed E-state index contributed by atoms with van der Waals surface area (Å²) in [6, 6.07) is 11.3. The topological polar surface area (TPSA) is 91.5 Å². The third kappa shape index (κ3) is 2.85. The Morgan fingerprint density at radius 2 is 1.97 bits per heavy atom. The number of pyridine rings is 1. The zero-order valence-electron chi connectivity index (χ0n) is 18.9. The lowest BCUT2D eigenvalue weighted by Gasteiger charge is -2.70. The average Bonchev–Trinajstić information content (AvgIpc) is 3.30. The first-order chi connectivity index (χ1) is 15.3. The molecule has 6 heteroatoms. The van der Waals surface area contributed by atoms with Gasteiger partial charge in [0.15, 0.2) is 0 Å². The van der Waals surface area contributed by atoms with Crippen LogP contribution in [-0.4, -0.2) is 52.2 Å². The molecule has 0 radical (unpaired) electrons. The van der Waals surface area contributed by atoms with Crippen LogP contribution in [0.4, 0.5) is 5.82 Å². The fraction of sp³-hybridized carbons (Fsp3) is 0.538. The first kappa shape index (κ1) is 20.2. The number of aliphatic hydroxyl groups excluding tert-OH is 1. The minimum atomic E-state index is -0.167. The number of nitrogen functional groups attached to an aromatic ring is 1. The molecule has 6 nitrogen and oxygen atoms in total. The second-order valence-electron chi connectivity index (χ2n) is 11.2. The summed E-state index contributed by atoms with van der Waals surface area (Å²) in [5.74, 6) is 0.871. The molecule has 168 valence electrons. The molecule has 2 unspecified atom stereocenters. The van der Waals surface area contributed by atoms with Crippen LogP contribution in [0.2, 0.25) is 0 Å². The van der Waals surface area contributed by atoms with Crippen LogP contribution in [0.25, 0.3) is 11.1 Å². The van der Waals surface area contributed by atoms with Crippen LogP contribution in [-0.2, 0) is 5.41 Å². The molecule has 2 atom stereocenters. The van der Waals surface area contributed by atoms with Gasteiger partial charge in [-0.3, -0.25) is 9.69 Å². The van der Waals surface area contributed by atoms with Crippen LogP contribution in [0.3, 0.4) is 0 Å². The number of carbonyl (C=O) groups is 1. The highest BCUT2D eigenvalue weighted by Gasteiger charge is 2.68. The monoisotopic (exact) mass is 432 g/mol. The van der Waals surface area contributed by atoms with Crippen LogP contribution in [0, 0.1) is 11.3 Å². The molecule has 1 aromatic heterocycles. The van der Waals surface area contributed by atoms with Gasteiger partial charge in [0.05, 0.1) is 5.56 Å². The van der Waals surface area contributed by atoms with Crippen molar-refractivity contribution >= 4 is 11.7 Å². The van der Waals surface area contributed by atoms with Crippen molar-refractivity contribution in [3.05, 3.63) is 47.7 Å². The number of hydrogen-bond donors (Lipinski definition) is 3. The van der Waals surface area contributed by atoms with Crippen LogP contribution < -0.4 is 11.1 Å². The molecule has 1 amide bonds. The lowest BCUT2D eigenvalue weighted by molar-refractivity contribution is -0.172. The Morgan fingerprint density at radius 3 is 2.59 bits per heavy atom. The molecule has 7 rings (SSSR count). The summed E-state index contributed by atoms with van der Waals surface area (Å²) in [5.41, 5.74) is 10.1. The van der Waals surface area contributed by atoms with Crippen molar-refractivity contribution in [3.8, 4) is 11.1 Å². The molecule has 4 saturated carbocycles. The lowest BCUT2D eigenvalue weighted by Crippen LogP contribution is -2.75. The van der Waals surface area contributed by atoms with Gasteiger partial charge in [0.25, 0.3) is 5.91 Å². The first-order valence-electron chi connectivity index (χ1n) is 11.8. The number of rotatable bonds is 6. The molecule has 32 heavy (non-hydrogen) atoms. The molecule has 2 heterocycles. The normalized spacial score (nSPS) is 34.6. The molecular formula is C26H32N4O2. The van der Waals surface area contributed by atoms with Crippen molar-refractivity contribution in [2.24, 2.45) is 11.3 Å². The molecule has 2 aromatic rings. The largest absolute Gasteiger partial charge is 0.396 e. The van der Waals surface area contributed by atoms with E-state index in [0.29, 0.717) is 17.0 Å². The fourth-order valence-corrected chi connectivity index (χ4v) is 6.78. The first-order valence-corrected chi connectivity index (χ1v) is 11.8. The zero-order chi connectivity index (χ0) is 22.3. The van der Waals surface area contributed by atoms with E-state index in [2.05, 4.69) is 53.3 Å². The van der Waals surface area contributed by atoms with Gasteiger partial charge in [0.2, 0.25) is 0 Å². The molecule has 1 aromatic carbocycles. The van der Waals surface area contributed by atoms with Gasteiger partial charge in [0.1, 0.15) is 5.82 Å². The summed E-state index contributed by atoms with van der Waals surface area (Å²) in [4.78, 5) is 19.8. The van der Waals surface area contributed by atoms with Gasteiger partial charge in [-0.05, 0) is 62.6 Å². The Bertz CT molecular complexity index is 1080. The van der Waals surface area contributed by atoms with E-state index in [0.717, 1.165) is 42.9 Å². The van der Waals surface area contributed by atoms with Crippen molar-refractivity contribution in [2.45, 2.75) is 56.5 Å². The number of hydrogen-bond acceptors (Lipinski definition) is 5. The average molecular weight is 433 g/mol. The lowest BCUT2D eigenvalue weighted by atomic mass is 9.39. The van der Waals surface area contributed by atoms with Crippen molar-refractivity contribution in [3.63, 3.8) is 0 Å². The number of amides is 1. The number of aromatic nitrogens is 1. The highest BCUT2D eigenvalue weighted by atomic mass is 16.3. The summed E-state index contributed by atoms with van der Waals surface area (Å²) in [6.45, 7) is 7.13. The van der Waals surface area contributed by atoms with E-state index in [-0.39, 0.29) is 29.3 Å². The Labute approximate surface area is 189 Å². The van der Waals surface area contributed by atoms with E-state index in [1.54, 1.807) is 6.20 Å². The maximum atomic E-state index is 12.9. The van der Waals surface area contributed by atoms with Crippen molar-refractivity contribution < 1.29 is 9.90 Å². The standard InChI is InChI=1S/C26H32N4O2/c1-16(2)30-10-20-8-26(20,14-30)19-5-3-17(4-6-19)18-7-21(22(27)28-9-18)23(32)29-25-11-24(12-25,13-25)15-31/h3-7,9,16,20,31H,8,10-15H2,1-2H3,(H2,27,28)(H,29,32). The summed E-state index contributed by atoms with van der Waals surface area (Å²) < 4.78 is 0. The highest BCUT2D eigenvalue weighted by molar-refractivity contribution is 6.00. The van der Waals surface area contributed by atoms with Gasteiger partial charge in [-0.1, -0.05) is 24.3 Å². The number of anilines is 1. The molecule has 2 bridgehead atoms. The van der Waals surface area contributed by atoms with Gasteiger partial charge in [-0.25, -0.2) is 4.98 Å². The second-order valence-corrected chi connectivity index (χ2v) is 11.2. The molecule has 5 aliphatic rings. The number of nitrogens with two attached hydrogens (primary N) is 1. The summed E-state index contributed by atoms with van der Waals surface area (Å²) >= 11 is 0. The van der Waals surface area contributed by atoms with Crippen molar-refractivity contribution in [1.82, 2.24) is 15.2 Å². The fourth-order valence-electron chi connectivity index (χ4n) is 6.78. The van der Waals surface area contributed by atoms with Crippen LogP contribution >= 0.6 is 0 Å². The van der Waals surface area contributed by atoms with Crippen molar-refractivity contribution in [1.29, 1.82) is 0 Å². The quantitative estimate of drug-likeness (QED) is 0.653. The van der Waals surface area contributed by atoms with Gasteiger partial charge in [-0.15, -0.1) is 0 Å². The van der Waals surface area contributed by atoms with E-state index >= 15 is 0 Å². The molecular weight excluding hydrogens is 400 g/mol. The van der Waals surface area contributed by atoms with Gasteiger partial charge >= 0.3 is 0 Å². The molecule has 4 aliphatic carbocycles. The Kier molecular flexibility index (Phi) is 4.13. The maximum Gasteiger partial charge on any atom is 0.255 e. The van der Waals surface area contributed by atoms with E-state index in [4.69, 9.17) is 5.73 Å². The maximum absolute atomic E-state index is 12.9. The van der Waals surface area contributed by atoms with Gasteiger partial charge < -0.3 is 16.2 Å². The molecule has 0 spiro atoms. The number of nitrogens with zero attached hydrogens (tertiary/aromatic N) is 2. The number of carbonyl (C=O) groups excluding carboxylic acids is 1. The second kappa shape index (κ2) is 6.55. The number of fused-ring (bicyclic) bond motifs is 1. The van der Waals surface area contributed by atoms with E-state index < -0.39 is 0 Å². The third-order valence-corrected chi connectivity index (χ3v) is 8.71. The van der Waals surface area contributed by atoms with Gasteiger partial charge in [-0.2, -0.15) is 0 Å². The number of piperidine rings is 1. The van der Waals surface area contributed by atoms with Gasteiger partial charge in [0, 0.05) is 53.9 Å². The van der Waals surface area contributed by atoms with Crippen molar-refractivity contribution in [2.75, 3.05) is 25.4 Å². The molecule has 1 aliphatic heterocycles. The van der Waals surface area contributed by atoms with Crippen LogP contribution in [0.5, 0.6) is 0 Å². The SMILES string of the molecule is CC(C)N1CC2CC2(c2ccc(-c3cnc(N)c(C(=O)NC45CC(CO)(C4)C5)c3)cc2)C1. The summed E-state index contributed by atoms with van der Waals surface area (Å²) in [7, 11) is 0. The molecule has 5 fully saturated rings. The zero-order valence-corrected chi connectivity index (χ0v) is 18.9. The van der Waals surface area contributed by atoms with Crippen LogP contribution in [0.15, 0.2) is 36.5 Å². The molecule has 4 N–H and O–H groups in total. The smallest absolute Gasteiger partial charge is 0.255 e. The van der Waals surface area contributed by atoms with E-state index in [1.807, 2.05) is 6.07 Å². The van der Waals surface area contributed by atoms with E-state index in [1.165, 1.54) is 18.5 Å². The number of nitrogens with one attached hydrogen (secondary N) is 1. The predicted octanol–water partition coefficient (Wildman–Crippen LogP) is 2.96. The minimum absolute atomic E-state index is 0.0479. The third-order valence-electron chi connectivity index (χ3n) is 8.71. The highest BCUT2D eigenvalue weighted by Crippen LogP contribution is 2.66. The Morgan fingerprint density at radius 1 is 1.25 bits per heavy atom. The number of benzene rings is 1. The summed E-state index contributed by atoms with van der Waals surface area (Å²) in [6.07, 6.45) is 5.61. The molecule has 1 saturated heterocycles. The van der Waals surface area contributed by atoms with Crippen LogP contribution in [0.1, 0.15) is 55.5 Å². The summed E-state index contributed by atoms with van der Waals surface area (Å²) in [5, 5.41) is 12.6.